The van der Waals surface area contributed by atoms with E-state index < -0.39 is 0 Å². The molecule has 0 saturated heterocycles. The van der Waals surface area contributed by atoms with Crippen LogP contribution in [0.3, 0.4) is 0 Å². The summed E-state index contributed by atoms with van der Waals surface area (Å²) in [7, 11) is 3.64. The summed E-state index contributed by atoms with van der Waals surface area (Å²) in [4.78, 5) is 8.46. The maximum atomic E-state index is 4.27. The van der Waals surface area contributed by atoms with Gasteiger partial charge in [0.25, 0.3) is 0 Å². The molecule has 2 rings (SSSR count). The van der Waals surface area contributed by atoms with E-state index in [1.54, 1.807) is 18.1 Å². The van der Waals surface area contributed by atoms with Crippen molar-refractivity contribution in [2.24, 2.45) is 12.0 Å². The molecular formula is C18H29N7. The highest BCUT2D eigenvalue weighted by Crippen LogP contribution is 2.15. The summed E-state index contributed by atoms with van der Waals surface area (Å²) in [5, 5.41) is 14.3. The third-order valence-corrected chi connectivity index (χ3v) is 4.05. The van der Waals surface area contributed by atoms with Crippen LogP contribution < -0.4 is 16.0 Å². The van der Waals surface area contributed by atoms with Gasteiger partial charge in [-0.2, -0.15) is 5.10 Å². The fourth-order valence-corrected chi connectivity index (χ4v) is 2.63. The lowest BCUT2D eigenvalue weighted by atomic mass is 10.0. The van der Waals surface area contributed by atoms with Crippen molar-refractivity contribution in [3.05, 3.63) is 48.0 Å². The van der Waals surface area contributed by atoms with E-state index in [0.717, 1.165) is 18.3 Å². The van der Waals surface area contributed by atoms with Gasteiger partial charge in [0.2, 0.25) is 0 Å². The zero-order valence-electron chi connectivity index (χ0n) is 15.7. The Balaban J connectivity index is 1.83. The summed E-state index contributed by atoms with van der Waals surface area (Å²) >= 11 is 0. The van der Waals surface area contributed by atoms with Crippen molar-refractivity contribution in [1.82, 2.24) is 30.7 Å². The maximum Gasteiger partial charge on any atom is 0.191 e. The van der Waals surface area contributed by atoms with Crippen LogP contribution >= 0.6 is 0 Å². The van der Waals surface area contributed by atoms with Gasteiger partial charge in [-0.3, -0.25) is 9.67 Å². The van der Waals surface area contributed by atoms with Crippen molar-refractivity contribution in [3.8, 4) is 0 Å². The lowest BCUT2D eigenvalue weighted by Gasteiger charge is -2.31. The Hall–Kier alpha value is -2.41. The lowest BCUT2D eigenvalue weighted by Crippen LogP contribution is -2.52. The molecule has 136 valence electrons. The number of hydrogen-bond donors (Lipinski definition) is 3. The number of rotatable bonds is 7. The Kier molecular flexibility index (Phi) is 6.52. The maximum absolute atomic E-state index is 4.27. The van der Waals surface area contributed by atoms with Crippen molar-refractivity contribution in [2.75, 3.05) is 13.6 Å². The van der Waals surface area contributed by atoms with Gasteiger partial charge in [-0.15, -0.1) is 0 Å². The molecule has 0 aliphatic carbocycles. The van der Waals surface area contributed by atoms with Crippen molar-refractivity contribution >= 4 is 5.96 Å². The van der Waals surface area contributed by atoms with E-state index in [-0.39, 0.29) is 11.6 Å². The average Bonchev–Trinajstić information content (AvgIpc) is 3.00. The Morgan fingerprint density at radius 3 is 2.56 bits per heavy atom. The van der Waals surface area contributed by atoms with Crippen LogP contribution in [0, 0.1) is 0 Å². The topological polar surface area (TPSA) is 79.2 Å². The normalized spacial score (nSPS) is 13.6. The van der Waals surface area contributed by atoms with Crippen LogP contribution in [0.2, 0.25) is 0 Å². The molecule has 0 aliphatic heterocycles. The molecule has 0 fully saturated rings. The number of nitrogens with zero attached hydrogens (tertiary/aromatic N) is 4. The number of aryl methyl sites for hydroxylation is 1. The fraction of sp³-hybridized carbons (Fsp3) is 0.500. The molecular weight excluding hydrogens is 314 g/mol. The molecule has 7 heteroatoms. The summed E-state index contributed by atoms with van der Waals surface area (Å²) in [5.74, 6) is 1.60. The fourth-order valence-electron chi connectivity index (χ4n) is 2.63. The van der Waals surface area contributed by atoms with Gasteiger partial charge in [-0.05, 0) is 26.3 Å². The van der Waals surface area contributed by atoms with Crippen LogP contribution in [0.1, 0.15) is 38.2 Å². The minimum Gasteiger partial charge on any atom is -0.355 e. The summed E-state index contributed by atoms with van der Waals surface area (Å²) in [6.07, 6.45) is 1.55. The smallest absolute Gasteiger partial charge is 0.191 e. The highest BCUT2D eigenvalue weighted by atomic mass is 15.3. The van der Waals surface area contributed by atoms with E-state index in [4.69, 9.17) is 0 Å². The summed E-state index contributed by atoms with van der Waals surface area (Å²) < 4.78 is 1.74. The molecule has 0 aliphatic rings. The van der Waals surface area contributed by atoms with Crippen LogP contribution in [0.5, 0.6) is 0 Å². The van der Waals surface area contributed by atoms with Gasteiger partial charge in [0.05, 0.1) is 6.54 Å². The van der Waals surface area contributed by atoms with Crippen LogP contribution in [-0.4, -0.2) is 39.9 Å². The second-order valence-corrected chi connectivity index (χ2v) is 6.74. The number of hydrogen-bond acceptors (Lipinski definition) is 4. The largest absolute Gasteiger partial charge is 0.355 e. The SMILES string of the molecule is CN=C(NCc1ncnn1C)NCC(C)(C)NC(C)c1ccccc1. The second kappa shape index (κ2) is 8.62. The Morgan fingerprint density at radius 1 is 1.24 bits per heavy atom. The molecule has 2 aromatic rings. The summed E-state index contributed by atoms with van der Waals surface area (Å²) in [5.41, 5.74) is 1.18. The lowest BCUT2D eigenvalue weighted by molar-refractivity contribution is 0.344. The molecule has 0 amide bonds. The van der Waals surface area contributed by atoms with Gasteiger partial charge in [0.15, 0.2) is 5.96 Å². The van der Waals surface area contributed by atoms with Crippen molar-refractivity contribution in [3.63, 3.8) is 0 Å². The first-order chi connectivity index (χ1) is 11.9. The Labute approximate surface area is 150 Å². The number of aromatic nitrogens is 3. The van der Waals surface area contributed by atoms with E-state index in [2.05, 4.69) is 76.1 Å². The van der Waals surface area contributed by atoms with Gasteiger partial charge in [0.1, 0.15) is 12.2 Å². The van der Waals surface area contributed by atoms with E-state index in [1.807, 2.05) is 13.1 Å². The zero-order chi connectivity index (χ0) is 18.3. The third kappa shape index (κ3) is 5.86. The standard InChI is InChI=1S/C18H29N7/c1-14(15-9-7-6-8-10-15)24-18(2,3)12-21-17(19-4)20-11-16-22-13-23-25(16)5/h6-10,13-14,24H,11-12H2,1-5H3,(H2,19,20,21). The van der Waals surface area contributed by atoms with E-state index in [1.165, 1.54) is 5.56 Å². The highest BCUT2D eigenvalue weighted by Gasteiger charge is 2.21. The zero-order valence-corrected chi connectivity index (χ0v) is 15.7. The van der Waals surface area contributed by atoms with E-state index in [0.29, 0.717) is 6.54 Å². The van der Waals surface area contributed by atoms with Gasteiger partial charge in [0, 0.05) is 32.2 Å². The number of aliphatic imine (C=N–C) groups is 1. The predicted molar refractivity (Wildman–Crippen MR) is 101 cm³/mol. The molecule has 1 heterocycles. The van der Waals surface area contributed by atoms with Gasteiger partial charge in [-0.25, -0.2) is 4.98 Å². The van der Waals surface area contributed by atoms with Crippen LogP contribution in [-0.2, 0) is 13.6 Å². The monoisotopic (exact) mass is 343 g/mol. The molecule has 25 heavy (non-hydrogen) atoms. The molecule has 3 N–H and O–H groups in total. The van der Waals surface area contributed by atoms with E-state index in [9.17, 15) is 0 Å². The molecule has 7 nitrogen and oxygen atoms in total. The number of benzene rings is 1. The summed E-state index contributed by atoms with van der Waals surface area (Å²) in [6.45, 7) is 7.84. The molecule has 0 saturated carbocycles. The quantitative estimate of drug-likeness (QED) is 0.526. The Bertz CT molecular complexity index is 676. The first-order valence-corrected chi connectivity index (χ1v) is 8.51. The average molecular weight is 343 g/mol. The molecule has 0 bridgehead atoms. The molecule has 1 aromatic heterocycles. The second-order valence-electron chi connectivity index (χ2n) is 6.74. The number of guanidine groups is 1. The van der Waals surface area contributed by atoms with Gasteiger partial charge >= 0.3 is 0 Å². The minimum atomic E-state index is -0.0995. The molecule has 0 radical (unpaired) electrons. The highest BCUT2D eigenvalue weighted by molar-refractivity contribution is 5.79. The van der Waals surface area contributed by atoms with Crippen molar-refractivity contribution in [2.45, 2.75) is 38.9 Å². The molecule has 1 atom stereocenters. The third-order valence-electron chi connectivity index (χ3n) is 4.05. The van der Waals surface area contributed by atoms with Gasteiger partial charge < -0.3 is 16.0 Å². The molecule has 0 spiro atoms. The van der Waals surface area contributed by atoms with Crippen LogP contribution in [0.25, 0.3) is 0 Å². The first-order valence-electron chi connectivity index (χ1n) is 8.51. The van der Waals surface area contributed by atoms with E-state index >= 15 is 0 Å². The minimum absolute atomic E-state index is 0.0995. The van der Waals surface area contributed by atoms with Crippen molar-refractivity contribution in [1.29, 1.82) is 0 Å². The first kappa shape index (κ1) is 18.9. The van der Waals surface area contributed by atoms with Gasteiger partial charge in [-0.1, -0.05) is 30.3 Å². The molecule has 1 aromatic carbocycles. The van der Waals surface area contributed by atoms with Crippen LogP contribution in [0.15, 0.2) is 41.7 Å². The van der Waals surface area contributed by atoms with Crippen LogP contribution in [0.4, 0.5) is 0 Å². The predicted octanol–water partition coefficient (Wildman–Crippen LogP) is 1.61. The molecule has 1 unspecified atom stereocenters. The summed E-state index contributed by atoms with van der Waals surface area (Å²) in [6, 6.07) is 10.7. The number of nitrogens with one attached hydrogen (secondary N) is 3. The van der Waals surface area contributed by atoms with Crippen molar-refractivity contribution < 1.29 is 0 Å². The Morgan fingerprint density at radius 2 is 1.96 bits per heavy atom.